The van der Waals surface area contributed by atoms with Gasteiger partial charge in [0.1, 0.15) is 8.96 Å². The zero-order valence-corrected chi connectivity index (χ0v) is 77.9. The Balaban J connectivity index is 0.00000192. The van der Waals surface area contributed by atoms with Gasteiger partial charge in [-0.05, 0) is 141 Å². The molecule has 0 aromatic heterocycles. The van der Waals surface area contributed by atoms with Gasteiger partial charge in [-0.1, -0.05) is 91.8 Å². The standard InChI is InChI=1S/C32H45Br2N5O10.C32H47N5O10.C19H30N4O4.C2H6.2CH3F/c1-20(2)28(24(41)18-22(4-3-10-36-32(35)46)29(43)37-23-7-5-21(19-40)6-8-23)38-25(42)9-12-47-14-16-49-17-15-48-13-11-39-30(44)26(33)27(34)31(39)45;1-22(2)30(36-27(40)11-14-45-16-18-47-19-17-46-15-13-37-28(41)9-10-29(37)42)26(39)20-24(4-3-12-34-32(33)44)31(43)35-25-7-5-23(21-38)6-8-25;1-12(2)17(20)16(25)10-14(4-3-9-22-19(21)27)18(26)23-15-7-5-13(11-24)6-8-15;3*1-2/h5-8,20,22,28,40H,3-4,9-19H2,1-2H3,(H,37,43)(H,38,42)(H3,35,36,46);5-10,22,24,30,38H,3-4,11-21H2,1-2H3,(H,35,43)(H,36,40)(H3,33,34,44);5-8,12,14,17,24H,3-4,9-11,20H2,1-2H3,(H,23,26)(H3,21,22,27);1-2H3;2*1H3/t22-,28+;24-,30+;14-,17+;;;/m111.../s1/i;;;;2*1D. The highest BCUT2D eigenvalue weighted by molar-refractivity contribution is 9.14. The summed E-state index contributed by atoms with van der Waals surface area (Å²) < 4.78 is 63.9. The summed E-state index contributed by atoms with van der Waals surface area (Å²) in [4.78, 5) is 185. The van der Waals surface area contributed by atoms with Gasteiger partial charge in [0, 0.05) is 98.7 Å². The van der Waals surface area contributed by atoms with E-state index in [4.69, 9.17) is 59.2 Å². The van der Waals surface area contributed by atoms with Crippen molar-refractivity contribution in [1.82, 2.24) is 36.4 Å². The number of nitrogens with two attached hydrogens (primary N) is 4. The molecule has 2 aliphatic rings. The Morgan fingerprint density at radius 2 is 0.682 bits per heavy atom. The molecule has 3 aromatic carbocycles. The van der Waals surface area contributed by atoms with Crippen LogP contribution in [0.4, 0.5) is 40.2 Å². The molecule has 0 radical (unpaired) electrons. The predicted octanol–water partition coefficient (Wildman–Crippen LogP) is 6.06. The Morgan fingerprint density at radius 3 is 0.946 bits per heavy atom. The maximum absolute atomic E-state index is 13.4. The second-order valence-corrected chi connectivity index (χ2v) is 31.1. The maximum Gasteiger partial charge on any atom is 0.312 e. The summed E-state index contributed by atoms with van der Waals surface area (Å²) in [6, 6.07) is 15.9. The average Bonchev–Trinajstić information content (AvgIpc) is 1.67. The van der Waals surface area contributed by atoms with E-state index in [1.165, 1.54) is 12.2 Å². The first-order valence-electron chi connectivity index (χ1n) is 43.5. The van der Waals surface area contributed by atoms with Crippen LogP contribution >= 0.6 is 31.9 Å². The van der Waals surface area contributed by atoms with Crippen molar-refractivity contribution in [2.45, 2.75) is 164 Å². The number of primary amides is 3. The van der Waals surface area contributed by atoms with Crippen molar-refractivity contribution in [1.29, 1.82) is 0 Å². The van der Waals surface area contributed by atoms with Crippen molar-refractivity contribution in [3.05, 3.63) is 111 Å². The van der Waals surface area contributed by atoms with Crippen molar-refractivity contribution >= 4 is 138 Å². The number of Topliss-reactive ketones (excluding diaryl/α,β-unsaturated/α-hetero) is 3. The summed E-state index contributed by atoms with van der Waals surface area (Å²) in [5.74, 6) is -6.59. The molecule has 2 aliphatic heterocycles. The van der Waals surface area contributed by atoms with E-state index in [0.29, 0.717) is 79.9 Å². The molecule has 0 saturated heterocycles. The number of aliphatic hydroxyl groups is 3. The molecule has 0 saturated carbocycles. The minimum absolute atomic E-state index is 0.0104. The summed E-state index contributed by atoms with van der Waals surface area (Å²) in [6.45, 7) is 18.4. The second-order valence-electron chi connectivity index (χ2n) is 29.5. The first-order valence-corrected chi connectivity index (χ1v) is 43.7. The lowest BCUT2D eigenvalue weighted by Gasteiger charge is -2.24. The second kappa shape index (κ2) is 70.9. The third-order valence-electron chi connectivity index (χ3n) is 18.8. The Kier molecular flexibility index (Phi) is 63.2. The number of nitrogens with zero attached hydrogens (tertiary/aromatic N) is 2. The molecular weight excluding hydrogens is 1820 g/mol. The Labute approximate surface area is 772 Å². The van der Waals surface area contributed by atoms with Gasteiger partial charge in [-0.25, -0.2) is 14.4 Å². The third-order valence-corrected chi connectivity index (χ3v) is 20.8. The van der Waals surface area contributed by atoms with E-state index in [0.717, 1.165) is 15.4 Å². The fourth-order valence-electron chi connectivity index (χ4n) is 11.8. The van der Waals surface area contributed by atoms with Gasteiger partial charge < -0.3 is 109 Å². The number of hydrogen-bond donors (Lipinski definition) is 15. The summed E-state index contributed by atoms with van der Waals surface area (Å²) in [5.41, 5.74) is 24.9. The fraction of sp³-hybridized carbons (Fsp3) is 0.575. The third kappa shape index (κ3) is 51.3. The molecule has 0 aliphatic carbocycles. The number of carbonyl (C=O) groups is 15. The number of benzene rings is 3. The van der Waals surface area contributed by atoms with Crippen molar-refractivity contribution < 1.29 is 127 Å². The molecule has 42 heteroatoms. The highest BCUT2D eigenvalue weighted by Crippen LogP contribution is 2.30. The smallest absolute Gasteiger partial charge is 0.312 e. The van der Waals surface area contributed by atoms with Gasteiger partial charge in [-0.2, -0.15) is 0 Å². The highest BCUT2D eigenvalue weighted by Gasteiger charge is 2.36. The number of nitrogens with one attached hydrogen (secondary N) is 8. The lowest BCUT2D eigenvalue weighted by molar-refractivity contribution is -0.139. The number of carbonyl (C=O) groups excluding carboxylic acids is 15. The lowest BCUT2D eigenvalue weighted by Crippen LogP contribution is -2.45. The molecule has 15 amide bonds. The van der Waals surface area contributed by atoms with Crippen molar-refractivity contribution in [2.24, 2.45) is 58.4 Å². The number of ketones is 3. The van der Waals surface area contributed by atoms with Gasteiger partial charge in [0.2, 0.25) is 29.5 Å². The van der Waals surface area contributed by atoms with Gasteiger partial charge in [-0.15, -0.1) is 0 Å². The molecule has 3 aromatic rings. The molecule has 129 heavy (non-hydrogen) atoms. The molecule has 0 spiro atoms. The van der Waals surface area contributed by atoms with E-state index in [2.05, 4.69) is 74.4 Å². The van der Waals surface area contributed by atoms with Crippen molar-refractivity contribution in [3.63, 3.8) is 0 Å². The summed E-state index contributed by atoms with van der Waals surface area (Å²) in [6.07, 6.45) is 4.59. The monoisotopic (exact) mass is 1960 g/mol. The first kappa shape index (κ1) is 115. The summed E-state index contributed by atoms with van der Waals surface area (Å²) in [7, 11) is -2.00. The minimum atomic E-state index is -1.00. The van der Waals surface area contributed by atoms with Crippen molar-refractivity contribution in [2.75, 3.05) is 142 Å². The molecule has 38 nitrogen and oxygen atoms in total. The molecule has 19 N–H and O–H groups in total. The largest absolute Gasteiger partial charge is 0.392 e. The summed E-state index contributed by atoms with van der Waals surface area (Å²) in [5, 5.41) is 48.9. The maximum atomic E-state index is 13.4. The van der Waals surface area contributed by atoms with Crippen LogP contribution in [0.3, 0.4) is 0 Å². The van der Waals surface area contributed by atoms with Gasteiger partial charge in [-0.3, -0.25) is 76.1 Å². The van der Waals surface area contributed by atoms with E-state index in [1.54, 1.807) is 100 Å². The van der Waals surface area contributed by atoms with Crippen LogP contribution in [0.2, 0.25) is 0 Å². The van der Waals surface area contributed by atoms with Crippen LogP contribution in [-0.2, 0) is 106 Å². The number of amides is 15. The normalized spacial score (nSPS) is 13.6. The minimum Gasteiger partial charge on any atom is -0.392 e. The van der Waals surface area contributed by atoms with Crippen molar-refractivity contribution in [3.8, 4) is 0 Å². The number of aliphatic hydroxyl groups excluding tert-OH is 3. The number of rotatable bonds is 59. The number of urea groups is 3. The van der Waals surface area contributed by atoms with Gasteiger partial charge >= 0.3 is 18.1 Å². The number of hydrogen-bond acceptors (Lipinski definition) is 25. The van der Waals surface area contributed by atoms with Crippen LogP contribution in [0.25, 0.3) is 0 Å². The van der Waals surface area contributed by atoms with E-state index in [1.807, 2.05) is 27.7 Å². The van der Waals surface area contributed by atoms with Crippen LogP contribution in [0.1, 0.15) is 145 Å². The molecular formula is C87H134Br2F2N14O24. The Hall–Kier alpha value is -9.99. The van der Waals surface area contributed by atoms with Crippen LogP contribution in [0.15, 0.2) is 93.9 Å². The van der Waals surface area contributed by atoms with E-state index in [-0.39, 0.29) is 236 Å². The van der Waals surface area contributed by atoms with Gasteiger partial charge in [0.25, 0.3) is 23.6 Å². The molecule has 0 fully saturated rings. The Morgan fingerprint density at radius 1 is 0.419 bits per heavy atom. The number of halogens is 4. The number of anilines is 3. The molecule has 0 bridgehead atoms. The molecule has 0 unspecified atom stereocenters. The van der Waals surface area contributed by atoms with Crippen LogP contribution in [-0.4, -0.2) is 258 Å². The number of alkyl halides is 2. The molecule has 724 valence electrons. The quantitative estimate of drug-likeness (QED) is 0.0225. The first-order chi connectivity index (χ1) is 62.4. The van der Waals surface area contributed by atoms with E-state index >= 15 is 0 Å². The van der Waals surface area contributed by atoms with Gasteiger partial charge in [0.15, 0.2) is 17.3 Å². The SMILES string of the molecule is CC.CC(C)[C@H](N)C(=O)C[C@@H](CCCNC(N)=O)C(=O)Nc1ccc(CO)cc1.CC(C)[C@H](NC(=O)CCOCCOCCOCCN1C(=O)C(Br)=C(Br)C1=O)C(=O)C[C@@H](CCCNC(N)=O)C(=O)Nc1ccc(CO)cc1.CC(C)[C@H](NC(=O)CCOCCOCCOCCN1C(=O)C=CC1=O)C(=O)C[C@@H](CCCNC(N)=O)C(=O)Nc1ccc(CO)cc1.[2H]CF.[2H]CF. The zero-order chi connectivity index (χ0) is 98.8. The molecule has 6 atom stereocenters. The van der Waals surface area contributed by atoms with Crippen LogP contribution in [0.5, 0.6) is 0 Å². The summed E-state index contributed by atoms with van der Waals surface area (Å²) >= 11 is 6.13. The Bertz CT molecular complexity index is 3980. The topological polar surface area (TPSA) is 579 Å². The molecule has 5 rings (SSSR count). The average molecular weight is 1960 g/mol. The van der Waals surface area contributed by atoms with E-state index in [9.17, 15) is 90.9 Å². The van der Waals surface area contributed by atoms with E-state index < -0.39 is 80.1 Å². The van der Waals surface area contributed by atoms with Gasteiger partial charge in [0.05, 0.1) is 147 Å². The lowest BCUT2D eigenvalue weighted by atomic mass is 9.89. The molecule has 2 heterocycles. The van der Waals surface area contributed by atoms with Crippen LogP contribution in [0, 0.1) is 35.5 Å². The predicted molar refractivity (Wildman–Crippen MR) is 486 cm³/mol. The zero-order valence-electron chi connectivity index (χ0n) is 76.7. The number of imide groups is 2. The highest BCUT2D eigenvalue weighted by atomic mass is 79.9. The number of ether oxygens (including phenoxy) is 6. The van der Waals surface area contributed by atoms with Crippen LogP contribution < -0.4 is 65.5 Å². The fourth-order valence-corrected chi connectivity index (χ4v) is 12.6.